The van der Waals surface area contributed by atoms with Crippen molar-refractivity contribution in [2.24, 2.45) is 0 Å². The molecule has 0 spiro atoms. The van der Waals surface area contributed by atoms with Crippen LogP contribution in [0.1, 0.15) is 19.4 Å². The Kier molecular flexibility index (Phi) is 3.60. The first kappa shape index (κ1) is 11.4. The number of nitrogens with zero attached hydrogens (tertiary/aromatic N) is 3. The van der Waals surface area contributed by atoms with Gasteiger partial charge in [0.1, 0.15) is 12.0 Å². The van der Waals surface area contributed by atoms with Gasteiger partial charge in [-0.3, -0.25) is 10.1 Å². The van der Waals surface area contributed by atoms with Gasteiger partial charge in [0, 0.05) is 18.7 Å². The highest BCUT2D eigenvalue weighted by Gasteiger charge is 2.13. The van der Waals surface area contributed by atoms with Crippen molar-refractivity contribution in [2.45, 2.75) is 20.8 Å². The van der Waals surface area contributed by atoms with Gasteiger partial charge in [0.05, 0.1) is 4.92 Å². The van der Waals surface area contributed by atoms with Gasteiger partial charge in [-0.25, -0.2) is 4.98 Å². The minimum absolute atomic E-state index is 0.0749. The smallest absolute Gasteiger partial charge is 0.290 e. The van der Waals surface area contributed by atoms with Gasteiger partial charge in [-0.05, 0) is 26.8 Å². The van der Waals surface area contributed by atoms with Crippen molar-refractivity contribution in [2.75, 3.05) is 18.0 Å². The van der Waals surface area contributed by atoms with Crippen molar-refractivity contribution in [3.63, 3.8) is 0 Å². The molecule has 1 aromatic rings. The number of hydrogen-bond donors (Lipinski definition) is 0. The molecule has 0 aliphatic rings. The molecule has 1 rings (SSSR count). The van der Waals surface area contributed by atoms with Crippen molar-refractivity contribution in [1.29, 1.82) is 0 Å². The lowest BCUT2D eigenvalue weighted by molar-refractivity contribution is -0.385. The van der Waals surface area contributed by atoms with Crippen LogP contribution in [0.5, 0.6) is 0 Å². The van der Waals surface area contributed by atoms with E-state index in [-0.39, 0.29) is 5.69 Å². The molecular weight excluding hydrogens is 194 g/mol. The van der Waals surface area contributed by atoms with Crippen molar-refractivity contribution in [3.8, 4) is 0 Å². The Balaban J connectivity index is 3.05. The first-order chi connectivity index (χ1) is 7.10. The van der Waals surface area contributed by atoms with Gasteiger partial charge >= 0.3 is 0 Å². The molecule has 0 N–H and O–H groups in total. The van der Waals surface area contributed by atoms with E-state index < -0.39 is 4.92 Å². The molecule has 0 unspecified atom stereocenters. The summed E-state index contributed by atoms with van der Waals surface area (Å²) in [5, 5.41) is 10.6. The van der Waals surface area contributed by atoms with Crippen LogP contribution in [-0.4, -0.2) is 23.0 Å². The zero-order valence-corrected chi connectivity index (χ0v) is 9.23. The number of pyridine rings is 1. The van der Waals surface area contributed by atoms with Gasteiger partial charge in [-0.1, -0.05) is 0 Å². The lowest BCUT2D eigenvalue weighted by atomic mass is 10.2. The SMILES string of the molecule is CCN(CC)c1cc(C)c([N+](=O)[O-])cn1. The van der Waals surface area contributed by atoms with Crippen molar-refractivity contribution >= 4 is 11.5 Å². The lowest BCUT2D eigenvalue weighted by Gasteiger charge is -2.19. The second-order valence-electron chi connectivity index (χ2n) is 3.26. The number of aryl methyl sites for hydroxylation is 1. The van der Waals surface area contributed by atoms with Crippen LogP contribution in [0.3, 0.4) is 0 Å². The zero-order chi connectivity index (χ0) is 11.4. The van der Waals surface area contributed by atoms with E-state index in [1.807, 2.05) is 13.8 Å². The van der Waals surface area contributed by atoms with Crippen LogP contribution >= 0.6 is 0 Å². The minimum Gasteiger partial charge on any atom is -0.357 e. The third-order valence-corrected chi connectivity index (χ3v) is 2.35. The Morgan fingerprint density at radius 3 is 2.47 bits per heavy atom. The molecular formula is C10H15N3O2. The summed E-state index contributed by atoms with van der Waals surface area (Å²) in [7, 11) is 0. The monoisotopic (exact) mass is 209 g/mol. The maximum Gasteiger partial charge on any atom is 0.290 e. The second kappa shape index (κ2) is 4.72. The van der Waals surface area contributed by atoms with Crippen LogP contribution in [0.25, 0.3) is 0 Å². The molecule has 0 amide bonds. The van der Waals surface area contributed by atoms with Gasteiger partial charge in [0.2, 0.25) is 0 Å². The van der Waals surface area contributed by atoms with Crippen molar-refractivity contribution in [1.82, 2.24) is 4.98 Å². The van der Waals surface area contributed by atoms with Crippen molar-refractivity contribution < 1.29 is 4.92 Å². The fourth-order valence-electron chi connectivity index (χ4n) is 1.45. The first-order valence-corrected chi connectivity index (χ1v) is 4.96. The maximum absolute atomic E-state index is 10.6. The average molecular weight is 209 g/mol. The molecule has 0 fully saturated rings. The molecule has 0 aliphatic heterocycles. The van der Waals surface area contributed by atoms with E-state index in [0.717, 1.165) is 18.9 Å². The van der Waals surface area contributed by atoms with Gasteiger partial charge in [-0.2, -0.15) is 0 Å². The summed E-state index contributed by atoms with van der Waals surface area (Å²) in [5.74, 6) is 0.795. The Hall–Kier alpha value is -1.65. The highest BCUT2D eigenvalue weighted by atomic mass is 16.6. The molecule has 0 bridgehead atoms. The average Bonchev–Trinajstić information content (AvgIpc) is 2.19. The number of nitro groups is 1. The first-order valence-electron chi connectivity index (χ1n) is 4.96. The summed E-state index contributed by atoms with van der Waals surface area (Å²) >= 11 is 0. The van der Waals surface area contributed by atoms with Crippen LogP contribution in [0, 0.1) is 17.0 Å². The molecule has 0 aromatic carbocycles. The molecule has 1 aromatic heterocycles. The standard InChI is InChI=1S/C10H15N3O2/c1-4-12(5-2)10-6-8(3)9(7-11-10)13(14)15/h6-7H,4-5H2,1-3H3. The zero-order valence-electron chi connectivity index (χ0n) is 9.23. The van der Waals surface area contributed by atoms with Gasteiger partial charge < -0.3 is 4.90 Å². The van der Waals surface area contributed by atoms with E-state index >= 15 is 0 Å². The van der Waals surface area contributed by atoms with Gasteiger partial charge in [0.15, 0.2) is 0 Å². The molecule has 0 atom stereocenters. The fourth-order valence-corrected chi connectivity index (χ4v) is 1.45. The predicted molar refractivity (Wildman–Crippen MR) is 59.2 cm³/mol. The molecule has 5 heteroatoms. The third-order valence-electron chi connectivity index (χ3n) is 2.35. The number of rotatable bonds is 4. The summed E-state index contributed by atoms with van der Waals surface area (Å²) in [4.78, 5) is 16.3. The molecule has 82 valence electrons. The van der Waals surface area contributed by atoms with E-state index in [2.05, 4.69) is 9.88 Å². The summed E-state index contributed by atoms with van der Waals surface area (Å²) in [6.07, 6.45) is 1.32. The molecule has 0 radical (unpaired) electrons. The normalized spacial score (nSPS) is 10.1. The van der Waals surface area contributed by atoms with E-state index in [0.29, 0.717) is 5.56 Å². The van der Waals surface area contributed by atoms with Gasteiger partial charge in [0.25, 0.3) is 5.69 Å². The topological polar surface area (TPSA) is 59.3 Å². The summed E-state index contributed by atoms with van der Waals surface area (Å²) in [6.45, 7) is 7.48. The number of hydrogen-bond acceptors (Lipinski definition) is 4. The Bertz CT molecular complexity index is 362. The Labute approximate surface area is 88.9 Å². The minimum atomic E-state index is -0.408. The summed E-state index contributed by atoms with van der Waals surface area (Å²) in [5.41, 5.74) is 0.725. The van der Waals surface area contributed by atoms with Crippen LogP contribution in [0.15, 0.2) is 12.3 Å². The van der Waals surface area contributed by atoms with Crippen LogP contribution < -0.4 is 4.90 Å². The predicted octanol–water partition coefficient (Wildman–Crippen LogP) is 2.14. The molecule has 0 saturated heterocycles. The second-order valence-corrected chi connectivity index (χ2v) is 3.26. The number of aromatic nitrogens is 1. The van der Waals surface area contributed by atoms with E-state index in [1.54, 1.807) is 13.0 Å². The quantitative estimate of drug-likeness (QED) is 0.563. The molecule has 15 heavy (non-hydrogen) atoms. The highest BCUT2D eigenvalue weighted by Crippen LogP contribution is 2.20. The highest BCUT2D eigenvalue weighted by molar-refractivity contribution is 5.48. The van der Waals surface area contributed by atoms with Crippen LogP contribution in [-0.2, 0) is 0 Å². The summed E-state index contributed by atoms with van der Waals surface area (Å²) < 4.78 is 0. The van der Waals surface area contributed by atoms with Crippen molar-refractivity contribution in [3.05, 3.63) is 27.9 Å². The van der Waals surface area contributed by atoms with Gasteiger partial charge in [-0.15, -0.1) is 0 Å². The Morgan fingerprint density at radius 2 is 2.07 bits per heavy atom. The molecule has 5 nitrogen and oxygen atoms in total. The fraction of sp³-hybridized carbons (Fsp3) is 0.500. The molecule has 1 heterocycles. The Morgan fingerprint density at radius 1 is 1.47 bits per heavy atom. The van der Waals surface area contributed by atoms with Crippen LogP contribution in [0.2, 0.25) is 0 Å². The maximum atomic E-state index is 10.6. The largest absolute Gasteiger partial charge is 0.357 e. The number of anilines is 1. The lowest BCUT2D eigenvalue weighted by Crippen LogP contribution is -2.23. The third kappa shape index (κ3) is 2.43. The van der Waals surface area contributed by atoms with E-state index in [1.165, 1.54) is 6.20 Å². The van der Waals surface area contributed by atoms with E-state index in [9.17, 15) is 10.1 Å². The van der Waals surface area contributed by atoms with Crippen LogP contribution in [0.4, 0.5) is 11.5 Å². The molecule has 0 saturated carbocycles. The summed E-state index contributed by atoms with van der Waals surface area (Å²) in [6, 6.07) is 1.76. The van der Waals surface area contributed by atoms with E-state index in [4.69, 9.17) is 0 Å². The molecule has 0 aliphatic carbocycles.